The summed E-state index contributed by atoms with van der Waals surface area (Å²) in [6, 6.07) is 0. The van der Waals surface area contributed by atoms with Gasteiger partial charge in [0.25, 0.3) is 0 Å². The maximum atomic E-state index is 10.1. The van der Waals surface area contributed by atoms with E-state index < -0.39 is 0 Å². The standard InChI is InChI=1S/C14H21NO2/c16-10-15-2-1-3-17-14-7-11-4-12(8-14)6-13(5-11)9-14/h4,10-11,13H,1-3,5-9H2,(H,15,16). The quantitative estimate of drug-likeness (QED) is 0.434. The second kappa shape index (κ2) is 4.45. The Bertz CT molecular complexity index is 339. The minimum Gasteiger partial charge on any atom is -0.375 e. The van der Waals surface area contributed by atoms with Crippen LogP contribution in [0.5, 0.6) is 0 Å². The fraction of sp³-hybridized carbons (Fsp3) is 0.786. The summed E-state index contributed by atoms with van der Waals surface area (Å²) in [4.78, 5) is 10.1. The number of rotatable bonds is 6. The second-order valence-corrected chi connectivity index (χ2v) is 5.93. The summed E-state index contributed by atoms with van der Waals surface area (Å²) in [7, 11) is 0. The molecule has 3 heteroatoms. The molecule has 0 radical (unpaired) electrons. The molecule has 0 heterocycles. The van der Waals surface area contributed by atoms with Gasteiger partial charge in [-0.2, -0.15) is 0 Å². The Balaban J connectivity index is 1.53. The highest BCUT2D eigenvalue weighted by molar-refractivity contribution is 5.45. The van der Waals surface area contributed by atoms with Crippen LogP contribution in [0.2, 0.25) is 0 Å². The largest absolute Gasteiger partial charge is 0.375 e. The Morgan fingerprint density at radius 2 is 2.47 bits per heavy atom. The first-order chi connectivity index (χ1) is 8.30. The summed E-state index contributed by atoms with van der Waals surface area (Å²) in [5.74, 6) is 1.68. The molecule has 0 aromatic rings. The minimum absolute atomic E-state index is 0.164. The molecular formula is C14H21NO2. The lowest BCUT2D eigenvalue weighted by Gasteiger charge is -2.52. The van der Waals surface area contributed by atoms with E-state index in [1.54, 1.807) is 5.57 Å². The molecule has 0 aromatic carbocycles. The lowest BCUT2D eigenvalue weighted by atomic mass is 9.59. The molecule has 17 heavy (non-hydrogen) atoms. The van der Waals surface area contributed by atoms with Crippen molar-refractivity contribution in [1.82, 2.24) is 5.32 Å². The fourth-order valence-electron chi connectivity index (χ4n) is 4.12. The van der Waals surface area contributed by atoms with Crippen molar-refractivity contribution in [2.24, 2.45) is 11.8 Å². The monoisotopic (exact) mass is 235 g/mol. The summed E-state index contributed by atoms with van der Waals surface area (Å²) in [5, 5.41) is 2.68. The molecule has 0 aliphatic heterocycles. The van der Waals surface area contributed by atoms with Crippen LogP contribution in [0.3, 0.4) is 0 Å². The lowest BCUT2D eigenvalue weighted by Crippen LogP contribution is -2.48. The van der Waals surface area contributed by atoms with Gasteiger partial charge in [-0.15, -0.1) is 0 Å². The summed E-state index contributed by atoms with van der Waals surface area (Å²) in [6.07, 6.45) is 10.6. The summed E-state index contributed by atoms with van der Waals surface area (Å²) >= 11 is 0. The molecule has 1 amide bonds. The van der Waals surface area contributed by atoms with Gasteiger partial charge in [0.05, 0.1) is 5.60 Å². The van der Waals surface area contributed by atoms with Crippen molar-refractivity contribution >= 4 is 6.41 Å². The average molecular weight is 235 g/mol. The van der Waals surface area contributed by atoms with E-state index in [1.165, 1.54) is 32.1 Å². The number of hydrogen-bond donors (Lipinski definition) is 1. The van der Waals surface area contributed by atoms with Gasteiger partial charge in [-0.3, -0.25) is 4.79 Å². The van der Waals surface area contributed by atoms with Crippen LogP contribution in [0, 0.1) is 11.8 Å². The van der Waals surface area contributed by atoms with Crippen LogP contribution in [0.1, 0.15) is 38.5 Å². The molecule has 3 nitrogen and oxygen atoms in total. The van der Waals surface area contributed by atoms with Crippen molar-refractivity contribution in [1.29, 1.82) is 0 Å². The number of carbonyl (C=O) groups is 1. The predicted octanol–water partition coefficient (Wildman–Crippen LogP) is 2.03. The van der Waals surface area contributed by atoms with Crippen molar-refractivity contribution in [3.8, 4) is 0 Å². The highest BCUT2D eigenvalue weighted by Gasteiger charge is 2.48. The van der Waals surface area contributed by atoms with E-state index in [0.29, 0.717) is 0 Å². The third-order valence-corrected chi connectivity index (χ3v) is 4.46. The first kappa shape index (κ1) is 11.3. The SMILES string of the molecule is O=CNCCCOC12CC3=CC(CC(C3)C1)C2. The first-order valence-corrected chi connectivity index (χ1v) is 6.80. The second-order valence-electron chi connectivity index (χ2n) is 5.93. The lowest BCUT2D eigenvalue weighted by molar-refractivity contribution is -0.112. The number of carbonyl (C=O) groups excluding carboxylic acids is 1. The number of hydrogen-bond acceptors (Lipinski definition) is 2. The minimum atomic E-state index is 0.164. The normalized spacial score (nSPS) is 38.0. The Morgan fingerprint density at radius 3 is 3.24 bits per heavy atom. The van der Waals surface area contributed by atoms with Gasteiger partial charge in [0.1, 0.15) is 0 Å². The van der Waals surface area contributed by atoms with Crippen molar-refractivity contribution in [2.75, 3.05) is 13.2 Å². The van der Waals surface area contributed by atoms with Gasteiger partial charge in [0.2, 0.25) is 6.41 Å². The van der Waals surface area contributed by atoms with Gasteiger partial charge in [0.15, 0.2) is 0 Å². The van der Waals surface area contributed by atoms with E-state index in [9.17, 15) is 4.79 Å². The van der Waals surface area contributed by atoms with Crippen molar-refractivity contribution in [3.05, 3.63) is 11.6 Å². The number of allylic oxidation sites excluding steroid dienone is 1. The third-order valence-electron chi connectivity index (χ3n) is 4.46. The van der Waals surface area contributed by atoms with Crippen LogP contribution in [-0.2, 0) is 9.53 Å². The molecule has 4 rings (SSSR count). The van der Waals surface area contributed by atoms with E-state index in [2.05, 4.69) is 11.4 Å². The number of nitrogens with one attached hydrogen (secondary N) is 1. The van der Waals surface area contributed by atoms with E-state index in [-0.39, 0.29) is 5.60 Å². The van der Waals surface area contributed by atoms with E-state index in [4.69, 9.17) is 4.74 Å². The van der Waals surface area contributed by atoms with Crippen molar-refractivity contribution in [3.63, 3.8) is 0 Å². The maximum Gasteiger partial charge on any atom is 0.207 e. The predicted molar refractivity (Wildman–Crippen MR) is 65.5 cm³/mol. The summed E-state index contributed by atoms with van der Waals surface area (Å²) in [5.41, 5.74) is 1.81. The molecule has 0 aromatic heterocycles. The molecule has 2 saturated carbocycles. The number of amides is 1. The van der Waals surface area contributed by atoms with Crippen LogP contribution in [-0.4, -0.2) is 25.2 Å². The molecule has 4 aliphatic rings. The molecule has 3 unspecified atom stereocenters. The highest BCUT2D eigenvalue weighted by atomic mass is 16.5. The first-order valence-electron chi connectivity index (χ1n) is 6.80. The molecule has 4 aliphatic carbocycles. The summed E-state index contributed by atoms with van der Waals surface area (Å²) < 4.78 is 6.19. The average Bonchev–Trinajstić information content (AvgIpc) is 2.26. The molecule has 4 bridgehead atoms. The van der Waals surface area contributed by atoms with Crippen LogP contribution < -0.4 is 5.32 Å². The van der Waals surface area contributed by atoms with Gasteiger partial charge in [-0.25, -0.2) is 0 Å². The van der Waals surface area contributed by atoms with Crippen molar-refractivity contribution in [2.45, 2.75) is 44.1 Å². The molecule has 94 valence electrons. The van der Waals surface area contributed by atoms with Gasteiger partial charge in [-0.1, -0.05) is 11.6 Å². The fourth-order valence-corrected chi connectivity index (χ4v) is 4.12. The zero-order chi connectivity index (χ0) is 11.7. The Labute approximate surface area is 103 Å². The Kier molecular flexibility index (Phi) is 2.95. The zero-order valence-electron chi connectivity index (χ0n) is 10.3. The molecule has 0 spiro atoms. The van der Waals surface area contributed by atoms with Crippen LogP contribution in [0.15, 0.2) is 11.6 Å². The maximum absolute atomic E-state index is 10.1. The number of ether oxygens (including phenoxy) is 1. The van der Waals surface area contributed by atoms with Crippen LogP contribution in [0.25, 0.3) is 0 Å². The molecular weight excluding hydrogens is 214 g/mol. The van der Waals surface area contributed by atoms with E-state index >= 15 is 0 Å². The van der Waals surface area contributed by atoms with Gasteiger partial charge in [0, 0.05) is 13.2 Å². The molecule has 2 fully saturated rings. The van der Waals surface area contributed by atoms with E-state index in [0.717, 1.165) is 37.8 Å². The smallest absolute Gasteiger partial charge is 0.207 e. The van der Waals surface area contributed by atoms with Crippen molar-refractivity contribution < 1.29 is 9.53 Å². The molecule has 3 atom stereocenters. The van der Waals surface area contributed by atoms with Gasteiger partial charge >= 0.3 is 0 Å². The Hall–Kier alpha value is -0.830. The molecule has 1 N–H and O–H groups in total. The zero-order valence-corrected chi connectivity index (χ0v) is 10.3. The highest BCUT2D eigenvalue weighted by Crippen LogP contribution is 2.54. The van der Waals surface area contributed by atoms with Gasteiger partial charge in [-0.05, 0) is 50.4 Å². The van der Waals surface area contributed by atoms with Crippen LogP contribution >= 0.6 is 0 Å². The topological polar surface area (TPSA) is 38.3 Å². The summed E-state index contributed by atoms with van der Waals surface area (Å²) in [6.45, 7) is 1.52. The van der Waals surface area contributed by atoms with Gasteiger partial charge < -0.3 is 10.1 Å². The van der Waals surface area contributed by atoms with Crippen LogP contribution in [0.4, 0.5) is 0 Å². The van der Waals surface area contributed by atoms with E-state index in [1.807, 2.05) is 0 Å². The molecule has 0 saturated heterocycles. The Morgan fingerprint density at radius 1 is 1.53 bits per heavy atom. The third kappa shape index (κ3) is 2.25.